The van der Waals surface area contributed by atoms with Crippen LogP contribution in [0.15, 0.2) is 0 Å². The van der Waals surface area contributed by atoms with Crippen molar-refractivity contribution in [1.82, 2.24) is 5.32 Å². The van der Waals surface area contributed by atoms with Crippen molar-refractivity contribution in [3.05, 3.63) is 0 Å². The molecule has 1 heterocycles. The van der Waals surface area contributed by atoms with E-state index in [1.54, 1.807) is 0 Å². The zero-order valence-electron chi connectivity index (χ0n) is 11.1. The molecule has 0 aromatic heterocycles. The van der Waals surface area contributed by atoms with E-state index in [0.29, 0.717) is 5.92 Å². The molecule has 0 aromatic rings. The molecule has 1 N–H and O–H groups in total. The molecule has 0 spiro atoms. The second kappa shape index (κ2) is 7.25. The van der Waals surface area contributed by atoms with E-state index in [1.165, 1.54) is 6.42 Å². The summed E-state index contributed by atoms with van der Waals surface area (Å²) in [5.74, 6) is 0.694. The molecule has 1 rings (SSSR count). The van der Waals surface area contributed by atoms with Gasteiger partial charge >= 0.3 is 0 Å². The fourth-order valence-corrected chi connectivity index (χ4v) is 1.87. The molecule has 0 atom stereocenters. The highest BCUT2D eigenvalue weighted by Gasteiger charge is 2.21. The summed E-state index contributed by atoms with van der Waals surface area (Å²) in [5, 5.41) is 3.41. The number of rotatable bonds is 7. The van der Waals surface area contributed by atoms with Crippen LogP contribution in [0.3, 0.4) is 0 Å². The second-order valence-electron chi connectivity index (χ2n) is 5.30. The van der Waals surface area contributed by atoms with Crippen molar-refractivity contribution in [2.45, 2.75) is 45.6 Å². The quantitative estimate of drug-likeness (QED) is 0.679. The molecule has 3 nitrogen and oxygen atoms in total. The van der Waals surface area contributed by atoms with Crippen LogP contribution in [0.5, 0.6) is 0 Å². The molecule has 96 valence electrons. The minimum absolute atomic E-state index is 0.0481. The fourth-order valence-electron chi connectivity index (χ4n) is 1.87. The fraction of sp³-hybridized carbons (Fsp3) is 1.00. The molecule has 0 amide bonds. The molecule has 0 aromatic carbocycles. The number of ether oxygens (including phenoxy) is 2. The van der Waals surface area contributed by atoms with Gasteiger partial charge in [-0.05, 0) is 45.6 Å². The van der Waals surface area contributed by atoms with Crippen LogP contribution in [0.1, 0.15) is 40.0 Å². The van der Waals surface area contributed by atoms with E-state index in [-0.39, 0.29) is 5.60 Å². The van der Waals surface area contributed by atoms with Crippen molar-refractivity contribution >= 4 is 0 Å². The average molecular weight is 229 g/mol. The van der Waals surface area contributed by atoms with Gasteiger partial charge in [-0.1, -0.05) is 6.92 Å². The van der Waals surface area contributed by atoms with Gasteiger partial charge in [0.05, 0.1) is 12.2 Å². The number of nitrogens with one attached hydrogen (secondary N) is 1. The van der Waals surface area contributed by atoms with Crippen LogP contribution in [0.2, 0.25) is 0 Å². The van der Waals surface area contributed by atoms with E-state index in [4.69, 9.17) is 9.47 Å². The van der Waals surface area contributed by atoms with Crippen LogP contribution >= 0.6 is 0 Å². The maximum Gasteiger partial charge on any atom is 0.0750 e. The van der Waals surface area contributed by atoms with Gasteiger partial charge in [-0.2, -0.15) is 0 Å². The summed E-state index contributed by atoms with van der Waals surface area (Å²) >= 11 is 0. The molecule has 0 unspecified atom stereocenters. The van der Waals surface area contributed by atoms with Crippen LogP contribution in [-0.2, 0) is 9.47 Å². The largest absolute Gasteiger partial charge is 0.381 e. The van der Waals surface area contributed by atoms with Crippen molar-refractivity contribution in [3.8, 4) is 0 Å². The van der Waals surface area contributed by atoms with Crippen molar-refractivity contribution in [3.63, 3.8) is 0 Å². The minimum atomic E-state index is -0.0481. The molecule has 1 fully saturated rings. The Labute approximate surface area is 99.9 Å². The van der Waals surface area contributed by atoms with E-state index in [1.807, 2.05) is 0 Å². The predicted molar refractivity (Wildman–Crippen MR) is 66.7 cm³/mol. The molecule has 1 aliphatic rings. The Morgan fingerprint density at radius 2 is 2.00 bits per heavy atom. The third-order valence-corrected chi connectivity index (χ3v) is 3.03. The molecule has 1 aliphatic heterocycles. The first-order valence-electron chi connectivity index (χ1n) is 6.56. The van der Waals surface area contributed by atoms with Crippen LogP contribution in [0.4, 0.5) is 0 Å². The van der Waals surface area contributed by atoms with Gasteiger partial charge in [-0.3, -0.25) is 0 Å². The molecule has 16 heavy (non-hydrogen) atoms. The summed E-state index contributed by atoms with van der Waals surface area (Å²) in [7, 11) is 0. The Hall–Kier alpha value is -0.120. The normalized spacial score (nSPS) is 18.9. The highest BCUT2D eigenvalue weighted by Crippen LogP contribution is 2.18. The van der Waals surface area contributed by atoms with Gasteiger partial charge in [0.2, 0.25) is 0 Å². The Morgan fingerprint density at radius 1 is 1.31 bits per heavy atom. The smallest absolute Gasteiger partial charge is 0.0750 e. The minimum Gasteiger partial charge on any atom is -0.381 e. The van der Waals surface area contributed by atoms with Crippen molar-refractivity contribution < 1.29 is 9.47 Å². The molecule has 0 bridgehead atoms. The maximum absolute atomic E-state index is 6.00. The SMILES string of the molecule is CCCNCC(C)(C)OCC1CCOCC1. The van der Waals surface area contributed by atoms with Gasteiger partial charge in [0.1, 0.15) is 0 Å². The highest BCUT2D eigenvalue weighted by atomic mass is 16.5. The van der Waals surface area contributed by atoms with E-state index >= 15 is 0 Å². The number of hydrogen-bond donors (Lipinski definition) is 1. The molecule has 0 saturated carbocycles. The van der Waals surface area contributed by atoms with Gasteiger partial charge < -0.3 is 14.8 Å². The van der Waals surface area contributed by atoms with Gasteiger partial charge in [-0.25, -0.2) is 0 Å². The summed E-state index contributed by atoms with van der Waals surface area (Å²) in [6, 6.07) is 0. The van der Waals surface area contributed by atoms with E-state index in [0.717, 1.165) is 45.8 Å². The Bertz CT molecular complexity index is 177. The third-order valence-electron chi connectivity index (χ3n) is 3.03. The van der Waals surface area contributed by atoms with Crippen molar-refractivity contribution in [2.24, 2.45) is 5.92 Å². The first kappa shape index (κ1) is 13.9. The molecule has 3 heteroatoms. The van der Waals surface area contributed by atoms with E-state index in [2.05, 4.69) is 26.1 Å². The lowest BCUT2D eigenvalue weighted by Crippen LogP contribution is -2.39. The lowest BCUT2D eigenvalue weighted by Gasteiger charge is -2.30. The summed E-state index contributed by atoms with van der Waals surface area (Å²) in [6.07, 6.45) is 3.48. The summed E-state index contributed by atoms with van der Waals surface area (Å²) in [6.45, 7) is 11.2. The second-order valence-corrected chi connectivity index (χ2v) is 5.30. The van der Waals surface area contributed by atoms with Gasteiger partial charge in [0.15, 0.2) is 0 Å². The van der Waals surface area contributed by atoms with E-state index in [9.17, 15) is 0 Å². The molecular formula is C13H27NO2. The van der Waals surface area contributed by atoms with E-state index < -0.39 is 0 Å². The zero-order valence-corrected chi connectivity index (χ0v) is 11.1. The summed E-state index contributed by atoms with van der Waals surface area (Å²) in [4.78, 5) is 0. The third kappa shape index (κ3) is 5.83. The first-order valence-corrected chi connectivity index (χ1v) is 6.56. The van der Waals surface area contributed by atoms with Gasteiger partial charge in [0.25, 0.3) is 0 Å². The standard InChI is InChI=1S/C13H27NO2/c1-4-7-14-11-13(2,3)16-10-12-5-8-15-9-6-12/h12,14H,4-11H2,1-3H3. The van der Waals surface area contributed by atoms with Gasteiger partial charge in [-0.15, -0.1) is 0 Å². The van der Waals surface area contributed by atoms with Crippen LogP contribution < -0.4 is 5.32 Å². The Morgan fingerprint density at radius 3 is 2.62 bits per heavy atom. The lowest BCUT2D eigenvalue weighted by molar-refractivity contribution is -0.0538. The first-order chi connectivity index (χ1) is 7.64. The summed E-state index contributed by atoms with van der Waals surface area (Å²) in [5.41, 5.74) is -0.0481. The Kier molecular flexibility index (Phi) is 6.32. The Balaban J connectivity index is 2.13. The predicted octanol–water partition coefficient (Wildman–Crippen LogP) is 2.21. The average Bonchev–Trinajstić information content (AvgIpc) is 2.28. The molecule has 0 radical (unpaired) electrons. The zero-order chi connectivity index (χ0) is 11.9. The molecule has 0 aliphatic carbocycles. The molecule has 1 saturated heterocycles. The highest BCUT2D eigenvalue weighted by molar-refractivity contribution is 4.73. The maximum atomic E-state index is 6.00. The topological polar surface area (TPSA) is 30.5 Å². The lowest BCUT2D eigenvalue weighted by atomic mass is 10.0. The molecular weight excluding hydrogens is 202 g/mol. The van der Waals surface area contributed by atoms with Crippen molar-refractivity contribution in [2.75, 3.05) is 32.9 Å². The van der Waals surface area contributed by atoms with Gasteiger partial charge in [0, 0.05) is 19.8 Å². The van der Waals surface area contributed by atoms with Crippen LogP contribution in [-0.4, -0.2) is 38.5 Å². The van der Waals surface area contributed by atoms with Crippen molar-refractivity contribution in [1.29, 1.82) is 0 Å². The van der Waals surface area contributed by atoms with Crippen LogP contribution in [0.25, 0.3) is 0 Å². The number of hydrogen-bond acceptors (Lipinski definition) is 3. The monoisotopic (exact) mass is 229 g/mol. The summed E-state index contributed by atoms with van der Waals surface area (Å²) < 4.78 is 11.3. The van der Waals surface area contributed by atoms with Crippen LogP contribution in [0, 0.1) is 5.92 Å².